The van der Waals surface area contributed by atoms with Crippen LogP contribution < -0.4 is 0 Å². The summed E-state index contributed by atoms with van der Waals surface area (Å²) in [5.74, 6) is 0.837. The number of aliphatic imine (C=N–C) groups is 1. The molecular formula is C22H35N. The van der Waals surface area contributed by atoms with Gasteiger partial charge in [0.05, 0.1) is 6.04 Å². The van der Waals surface area contributed by atoms with Crippen molar-refractivity contribution in [3.63, 3.8) is 0 Å². The van der Waals surface area contributed by atoms with Crippen molar-refractivity contribution in [2.75, 3.05) is 0 Å². The Morgan fingerprint density at radius 2 is 1.43 bits per heavy atom. The second-order valence-electron chi connectivity index (χ2n) is 8.13. The van der Waals surface area contributed by atoms with Crippen molar-refractivity contribution in [3.05, 3.63) is 24.3 Å². The van der Waals surface area contributed by atoms with Gasteiger partial charge in [0.15, 0.2) is 0 Å². The van der Waals surface area contributed by atoms with Crippen LogP contribution in [-0.2, 0) is 0 Å². The molecule has 1 spiro atoms. The van der Waals surface area contributed by atoms with Crippen LogP contribution in [0.4, 0.5) is 0 Å². The molecular weight excluding hydrogens is 278 g/mol. The molecule has 0 bridgehead atoms. The SMILES string of the molecule is C1=NC(C2CCCCC2)C/C=C/CC/C=C\CC12CCCCC2. The Hall–Kier alpha value is -0.850. The zero-order chi connectivity index (χ0) is 15.8. The third-order valence-corrected chi connectivity index (χ3v) is 6.32. The van der Waals surface area contributed by atoms with Gasteiger partial charge in [0.25, 0.3) is 0 Å². The molecule has 0 amide bonds. The van der Waals surface area contributed by atoms with Gasteiger partial charge < -0.3 is 0 Å². The molecule has 1 atom stereocenters. The second-order valence-corrected chi connectivity index (χ2v) is 8.13. The summed E-state index contributed by atoms with van der Waals surface area (Å²) in [6.07, 6.45) is 30.9. The molecule has 1 heterocycles. The van der Waals surface area contributed by atoms with Crippen molar-refractivity contribution in [1.29, 1.82) is 0 Å². The van der Waals surface area contributed by atoms with E-state index in [4.69, 9.17) is 4.99 Å². The lowest BCUT2D eigenvalue weighted by Gasteiger charge is -2.34. The predicted octanol–water partition coefficient (Wildman–Crippen LogP) is 6.64. The Morgan fingerprint density at radius 3 is 2.22 bits per heavy atom. The van der Waals surface area contributed by atoms with Gasteiger partial charge in [-0.15, -0.1) is 0 Å². The Labute approximate surface area is 143 Å². The van der Waals surface area contributed by atoms with Gasteiger partial charge in [0, 0.05) is 11.6 Å². The summed E-state index contributed by atoms with van der Waals surface area (Å²) >= 11 is 0. The van der Waals surface area contributed by atoms with Crippen molar-refractivity contribution in [2.24, 2.45) is 16.3 Å². The topological polar surface area (TPSA) is 12.4 Å². The smallest absolute Gasteiger partial charge is 0.0558 e. The zero-order valence-electron chi connectivity index (χ0n) is 14.9. The minimum atomic E-state index is 0.380. The standard InChI is InChI=1S/C22H35N/c1-2-4-10-16-22(17-11-6-12-18-22)19-23-21(15-9-3-1)20-13-7-5-8-14-20/h3-4,9-10,19-21H,1-2,5-8,11-18H2/b9-3+,10-4-,23-19?. The average molecular weight is 314 g/mol. The van der Waals surface area contributed by atoms with E-state index in [1.54, 1.807) is 0 Å². The van der Waals surface area contributed by atoms with Crippen LogP contribution in [0, 0.1) is 11.3 Å². The zero-order valence-corrected chi connectivity index (χ0v) is 14.9. The summed E-state index contributed by atoms with van der Waals surface area (Å²) in [5.41, 5.74) is 0.380. The van der Waals surface area contributed by atoms with Crippen LogP contribution in [0.1, 0.15) is 89.9 Å². The third kappa shape index (κ3) is 5.06. The van der Waals surface area contributed by atoms with Gasteiger partial charge in [-0.2, -0.15) is 0 Å². The molecule has 0 aromatic heterocycles. The average Bonchev–Trinajstić information content (AvgIpc) is 2.60. The van der Waals surface area contributed by atoms with Gasteiger partial charge in [0.1, 0.15) is 0 Å². The fourth-order valence-corrected chi connectivity index (χ4v) is 4.77. The molecule has 1 nitrogen and oxygen atoms in total. The van der Waals surface area contributed by atoms with E-state index in [2.05, 4.69) is 30.5 Å². The van der Waals surface area contributed by atoms with Crippen molar-refractivity contribution in [3.8, 4) is 0 Å². The molecule has 3 rings (SSSR count). The maximum atomic E-state index is 5.25. The Bertz CT molecular complexity index is 419. The van der Waals surface area contributed by atoms with Gasteiger partial charge in [-0.25, -0.2) is 0 Å². The summed E-state index contributed by atoms with van der Waals surface area (Å²) in [5, 5.41) is 0. The van der Waals surface area contributed by atoms with Crippen LogP contribution in [0.15, 0.2) is 29.3 Å². The fourth-order valence-electron chi connectivity index (χ4n) is 4.77. The van der Waals surface area contributed by atoms with E-state index in [0.29, 0.717) is 11.5 Å². The summed E-state index contributed by atoms with van der Waals surface area (Å²) < 4.78 is 0. The van der Waals surface area contributed by atoms with E-state index in [9.17, 15) is 0 Å². The van der Waals surface area contributed by atoms with E-state index in [1.807, 2.05) is 0 Å². The Kier molecular flexibility index (Phi) is 6.54. The van der Waals surface area contributed by atoms with Crippen LogP contribution in [0.3, 0.4) is 0 Å². The van der Waals surface area contributed by atoms with Crippen molar-refractivity contribution < 1.29 is 0 Å². The quantitative estimate of drug-likeness (QED) is 0.481. The first-order chi connectivity index (χ1) is 11.4. The number of rotatable bonds is 1. The molecule has 2 fully saturated rings. The van der Waals surface area contributed by atoms with Crippen molar-refractivity contribution in [2.45, 2.75) is 95.9 Å². The molecule has 2 aliphatic carbocycles. The summed E-state index contributed by atoms with van der Waals surface area (Å²) in [6.45, 7) is 0. The van der Waals surface area contributed by atoms with E-state index in [1.165, 1.54) is 89.9 Å². The first-order valence-corrected chi connectivity index (χ1v) is 10.2. The summed E-state index contributed by atoms with van der Waals surface area (Å²) in [6, 6.07) is 0.550. The highest BCUT2D eigenvalue weighted by atomic mass is 14.8. The molecule has 0 aromatic rings. The molecule has 0 N–H and O–H groups in total. The number of hydrogen-bond acceptors (Lipinski definition) is 1. The Balaban J connectivity index is 1.76. The van der Waals surface area contributed by atoms with Crippen LogP contribution in [-0.4, -0.2) is 12.3 Å². The number of allylic oxidation sites excluding steroid dienone is 3. The van der Waals surface area contributed by atoms with Crippen LogP contribution in [0.25, 0.3) is 0 Å². The fraction of sp³-hybridized carbons (Fsp3) is 0.773. The molecule has 0 saturated heterocycles. The molecule has 128 valence electrons. The van der Waals surface area contributed by atoms with Crippen molar-refractivity contribution in [1.82, 2.24) is 0 Å². The lowest BCUT2D eigenvalue weighted by atomic mass is 9.72. The maximum Gasteiger partial charge on any atom is 0.0558 e. The van der Waals surface area contributed by atoms with E-state index < -0.39 is 0 Å². The third-order valence-electron chi connectivity index (χ3n) is 6.32. The molecule has 1 unspecified atom stereocenters. The number of nitrogens with zero attached hydrogens (tertiary/aromatic N) is 1. The molecule has 23 heavy (non-hydrogen) atoms. The highest BCUT2D eigenvalue weighted by molar-refractivity contribution is 5.66. The van der Waals surface area contributed by atoms with E-state index in [0.717, 1.165) is 5.92 Å². The molecule has 2 saturated carbocycles. The monoisotopic (exact) mass is 313 g/mol. The van der Waals surface area contributed by atoms with Gasteiger partial charge >= 0.3 is 0 Å². The lowest BCUT2D eigenvalue weighted by Crippen LogP contribution is -2.28. The van der Waals surface area contributed by atoms with Gasteiger partial charge in [0.2, 0.25) is 0 Å². The first kappa shape index (κ1) is 17.0. The van der Waals surface area contributed by atoms with Gasteiger partial charge in [-0.3, -0.25) is 4.99 Å². The largest absolute Gasteiger partial charge is 0.293 e. The van der Waals surface area contributed by atoms with E-state index >= 15 is 0 Å². The Morgan fingerprint density at radius 1 is 0.739 bits per heavy atom. The highest BCUT2D eigenvalue weighted by Gasteiger charge is 2.30. The highest BCUT2D eigenvalue weighted by Crippen LogP contribution is 2.39. The summed E-state index contributed by atoms with van der Waals surface area (Å²) in [4.78, 5) is 5.25. The molecule has 1 aliphatic heterocycles. The minimum Gasteiger partial charge on any atom is -0.293 e. The first-order valence-electron chi connectivity index (χ1n) is 10.2. The van der Waals surface area contributed by atoms with Crippen LogP contribution in [0.5, 0.6) is 0 Å². The molecule has 0 radical (unpaired) electrons. The molecule has 0 aromatic carbocycles. The van der Waals surface area contributed by atoms with Crippen molar-refractivity contribution >= 4 is 6.21 Å². The van der Waals surface area contributed by atoms with Crippen LogP contribution in [0.2, 0.25) is 0 Å². The predicted molar refractivity (Wildman–Crippen MR) is 101 cm³/mol. The minimum absolute atomic E-state index is 0.380. The maximum absolute atomic E-state index is 5.25. The lowest BCUT2D eigenvalue weighted by molar-refractivity contribution is 0.283. The summed E-state index contributed by atoms with van der Waals surface area (Å²) in [7, 11) is 0. The van der Waals surface area contributed by atoms with E-state index in [-0.39, 0.29) is 0 Å². The normalized spacial score (nSPS) is 32.8. The molecule has 1 heteroatoms. The van der Waals surface area contributed by atoms with Gasteiger partial charge in [-0.1, -0.05) is 62.8 Å². The van der Waals surface area contributed by atoms with Gasteiger partial charge in [-0.05, 0) is 57.3 Å². The second kappa shape index (κ2) is 8.85. The van der Waals surface area contributed by atoms with Crippen LogP contribution >= 0.6 is 0 Å². The molecule has 3 aliphatic rings. The number of hydrogen-bond donors (Lipinski definition) is 0.